The number of nitrogens with two attached hydrogens (primary N) is 1. The first kappa shape index (κ1) is 12.1. The Morgan fingerprint density at radius 3 is 2.79 bits per heavy atom. The summed E-state index contributed by atoms with van der Waals surface area (Å²) in [5.41, 5.74) is 7.31. The van der Waals surface area contributed by atoms with Crippen molar-refractivity contribution < 1.29 is 4.39 Å². The molecule has 1 aliphatic carbocycles. The Balaban J connectivity index is 2.05. The minimum Gasteiger partial charge on any atom is -0.398 e. The molecule has 1 aromatic heterocycles. The van der Waals surface area contributed by atoms with E-state index in [0.717, 1.165) is 0 Å². The molecule has 0 spiro atoms. The fourth-order valence-corrected chi connectivity index (χ4v) is 2.27. The molecule has 0 radical (unpaired) electrons. The van der Waals surface area contributed by atoms with Crippen molar-refractivity contribution in [3.05, 3.63) is 23.5 Å². The Morgan fingerprint density at radius 1 is 1.42 bits per heavy atom. The van der Waals surface area contributed by atoms with E-state index in [-0.39, 0.29) is 11.9 Å². The highest BCUT2D eigenvalue weighted by Crippen LogP contribution is 2.40. The van der Waals surface area contributed by atoms with Crippen LogP contribution in [0, 0.1) is 18.7 Å². The van der Waals surface area contributed by atoms with Gasteiger partial charge in [0.1, 0.15) is 5.82 Å². The molecule has 5 nitrogen and oxygen atoms in total. The molecule has 1 aromatic carbocycles. The first-order valence-electron chi connectivity index (χ1n) is 6.41. The number of benzene rings is 1. The maximum absolute atomic E-state index is 13.8. The Morgan fingerprint density at radius 2 is 2.16 bits per heavy atom. The Hall–Kier alpha value is -1.98. The van der Waals surface area contributed by atoms with Crippen LogP contribution in [0.4, 0.5) is 10.1 Å². The van der Waals surface area contributed by atoms with Crippen molar-refractivity contribution >= 4 is 5.69 Å². The summed E-state index contributed by atoms with van der Waals surface area (Å²) in [7, 11) is 0. The molecule has 0 saturated heterocycles. The van der Waals surface area contributed by atoms with Crippen molar-refractivity contribution in [1.29, 1.82) is 0 Å². The summed E-state index contributed by atoms with van der Waals surface area (Å²) in [4.78, 5) is 0. The lowest BCUT2D eigenvalue weighted by Crippen LogP contribution is -2.11. The molecule has 0 amide bonds. The Labute approximate surface area is 110 Å². The van der Waals surface area contributed by atoms with E-state index in [1.807, 2.05) is 0 Å². The van der Waals surface area contributed by atoms with Gasteiger partial charge in [0, 0.05) is 16.8 Å². The zero-order valence-corrected chi connectivity index (χ0v) is 11.0. The van der Waals surface area contributed by atoms with Crippen LogP contribution in [0.2, 0.25) is 0 Å². The number of hydrogen-bond donors (Lipinski definition) is 1. The zero-order chi connectivity index (χ0) is 13.6. The number of hydrogen-bond acceptors (Lipinski definition) is 4. The summed E-state index contributed by atoms with van der Waals surface area (Å²) in [6.45, 7) is 3.75. The second kappa shape index (κ2) is 4.29. The van der Waals surface area contributed by atoms with Crippen LogP contribution in [0.5, 0.6) is 0 Å². The van der Waals surface area contributed by atoms with Crippen molar-refractivity contribution in [3.8, 4) is 11.4 Å². The molecule has 1 saturated carbocycles. The summed E-state index contributed by atoms with van der Waals surface area (Å²) in [6, 6.07) is 3.39. The Bertz CT molecular complexity index is 594. The topological polar surface area (TPSA) is 69.6 Å². The highest BCUT2D eigenvalue weighted by atomic mass is 19.1. The molecule has 19 heavy (non-hydrogen) atoms. The third-order valence-electron chi connectivity index (χ3n) is 3.83. The summed E-state index contributed by atoms with van der Waals surface area (Å²) in [6.07, 6.45) is 2.40. The van der Waals surface area contributed by atoms with Crippen LogP contribution < -0.4 is 5.73 Å². The van der Waals surface area contributed by atoms with Crippen molar-refractivity contribution in [2.45, 2.75) is 32.7 Å². The molecule has 1 heterocycles. The van der Waals surface area contributed by atoms with E-state index in [2.05, 4.69) is 22.4 Å². The second-order valence-corrected chi connectivity index (χ2v) is 5.20. The van der Waals surface area contributed by atoms with Gasteiger partial charge in [-0.2, -0.15) is 0 Å². The van der Waals surface area contributed by atoms with Crippen molar-refractivity contribution in [1.82, 2.24) is 20.2 Å². The van der Waals surface area contributed by atoms with Crippen LogP contribution in [0.25, 0.3) is 11.4 Å². The third-order valence-corrected chi connectivity index (χ3v) is 3.83. The van der Waals surface area contributed by atoms with Crippen molar-refractivity contribution in [2.75, 3.05) is 5.73 Å². The van der Waals surface area contributed by atoms with Gasteiger partial charge >= 0.3 is 0 Å². The van der Waals surface area contributed by atoms with E-state index in [4.69, 9.17) is 5.73 Å². The number of anilines is 1. The van der Waals surface area contributed by atoms with Gasteiger partial charge in [-0.3, -0.25) is 0 Å². The molecular weight excluding hydrogens is 245 g/mol. The molecule has 3 rings (SSSR count). The molecule has 1 unspecified atom stereocenters. The second-order valence-electron chi connectivity index (χ2n) is 5.20. The molecule has 2 aromatic rings. The van der Waals surface area contributed by atoms with Crippen molar-refractivity contribution in [2.24, 2.45) is 5.92 Å². The van der Waals surface area contributed by atoms with Gasteiger partial charge in [0.15, 0.2) is 5.82 Å². The highest BCUT2D eigenvalue weighted by Gasteiger charge is 2.31. The van der Waals surface area contributed by atoms with E-state index in [1.54, 1.807) is 17.7 Å². The zero-order valence-electron chi connectivity index (χ0n) is 11.0. The fraction of sp³-hybridized carbons (Fsp3) is 0.462. The van der Waals surface area contributed by atoms with Crippen LogP contribution in [0.1, 0.15) is 31.4 Å². The van der Waals surface area contributed by atoms with E-state index >= 15 is 0 Å². The molecular formula is C13H16FN5. The van der Waals surface area contributed by atoms with Crippen molar-refractivity contribution in [3.63, 3.8) is 0 Å². The lowest BCUT2D eigenvalue weighted by molar-refractivity contribution is 0.433. The van der Waals surface area contributed by atoms with E-state index in [9.17, 15) is 4.39 Å². The molecule has 1 fully saturated rings. The number of aromatic nitrogens is 4. The predicted octanol–water partition coefficient (Wildman–Crippen LogP) is 2.34. The summed E-state index contributed by atoms with van der Waals surface area (Å²) in [5, 5.41) is 11.7. The molecule has 1 atom stereocenters. The number of halogens is 1. The monoisotopic (exact) mass is 261 g/mol. The number of rotatable bonds is 3. The molecule has 0 bridgehead atoms. The Kier molecular flexibility index (Phi) is 2.73. The smallest absolute Gasteiger partial charge is 0.182 e. The van der Waals surface area contributed by atoms with Gasteiger partial charge in [-0.25, -0.2) is 9.07 Å². The maximum Gasteiger partial charge on any atom is 0.182 e. The SMILES string of the molecule is Cc1c(N)cc(-c2nnnn2C(C)C2CC2)cc1F. The largest absolute Gasteiger partial charge is 0.398 e. The van der Waals surface area contributed by atoms with Gasteiger partial charge < -0.3 is 5.73 Å². The lowest BCUT2D eigenvalue weighted by atomic mass is 10.1. The highest BCUT2D eigenvalue weighted by molar-refractivity contribution is 5.64. The molecule has 100 valence electrons. The van der Waals surface area contributed by atoms with Gasteiger partial charge in [-0.15, -0.1) is 5.10 Å². The minimum absolute atomic E-state index is 0.232. The molecule has 0 aliphatic heterocycles. The van der Waals surface area contributed by atoms with Crippen LogP contribution in [-0.4, -0.2) is 20.2 Å². The summed E-state index contributed by atoms with van der Waals surface area (Å²) >= 11 is 0. The number of nitrogen functional groups attached to an aromatic ring is 1. The maximum atomic E-state index is 13.8. The lowest BCUT2D eigenvalue weighted by Gasteiger charge is -2.13. The average molecular weight is 261 g/mol. The molecule has 2 N–H and O–H groups in total. The normalized spacial score (nSPS) is 16.6. The molecule has 6 heteroatoms. The van der Waals surface area contributed by atoms with Crippen LogP contribution in [-0.2, 0) is 0 Å². The van der Waals surface area contributed by atoms with Gasteiger partial charge in [-0.05, 0) is 55.2 Å². The van der Waals surface area contributed by atoms with E-state index in [0.29, 0.717) is 28.6 Å². The first-order chi connectivity index (χ1) is 9.08. The van der Waals surface area contributed by atoms with Crippen LogP contribution in [0.15, 0.2) is 12.1 Å². The first-order valence-corrected chi connectivity index (χ1v) is 6.41. The van der Waals surface area contributed by atoms with Gasteiger partial charge in [-0.1, -0.05) is 0 Å². The fourth-order valence-electron chi connectivity index (χ4n) is 2.27. The standard InChI is InChI=1S/C13H16FN5/c1-7-11(14)5-10(6-12(7)15)13-16-17-18-19(13)8(2)9-3-4-9/h5-6,8-9H,3-4,15H2,1-2H3. The number of nitrogens with zero attached hydrogens (tertiary/aromatic N) is 4. The summed E-state index contributed by atoms with van der Waals surface area (Å²) in [5.74, 6) is 0.864. The van der Waals surface area contributed by atoms with Gasteiger partial charge in [0.05, 0.1) is 6.04 Å². The third kappa shape index (κ3) is 2.07. The van der Waals surface area contributed by atoms with Crippen LogP contribution >= 0.6 is 0 Å². The van der Waals surface area contributed by atoms with E-state index in [1.165, 1.54) is 18.9 Å². The van der Waals surface area contributed by atoms with Gasteiger partial charge in [0.2, 0.25) is 0 Å². The number of tetrazole rings is 1. The predicted molar refractivity (Wildman–Crippen MR) is 69.8 cm³/mol. The average Bonchev–Trinajstić information content (AvgIpc) is 3.11. The van der Waals surface area contributed by atoms with E-state index < -0.39 is 0 Å². The summed E-state index contributed by atoms with van der Waals surface area (Å²) < 4.78 is 15.5. The van der Waals surface area contributed by atoms with Crippen LogP contribution in [0.3, 0.4) is 0 Å². The van der Waals surface area contributed by atoms with Gasteiger partial charge in [0.25, 0.3) is 0 Å². The quantitative estimate of drug-likeness (QED) is 0.861. The molecule has 1 aliphatic rings. The minimum atomic E-state index is -0.330.